The lowest BCUT2D eigenvalue weighted by Gasteiger charge is -2.09. The maximum absolute atomic E-state index is 10.8. The second kappa shape index (κ2) is 7.96. The van der Waals surface area contributed by atoms with Gasteiger partial charge in [0.1, 0.15) is 5.69 Å². The number of methoxy groups -OCH3 is 2. The molecular formula is C17H18N2O5. The topological polar surface area (TPSA) is 83.2 Å². The van der Waals surface area contributed by atoms with E-state index in [-0.39, 0.29) is 5.69 Å². The SMILES string of the molecule is CCOc1ccc(C=Nc2ccc([N+](=O)[O-])cc2OC)cc1OC. The quantitative estimate of drug-likeness (QED) is 0.438. The second-order valence-electron chi connectivity index (χ2n) is 4.71. The third-order valence-corrected chi connectivity index (χ3v) is 3.21. The van der Waals surface area contributed by atoms with Crippen molar-refractivity contribution in [3.05, 3.63) is 52.1 Å². The molecule has 0 saturated carbocycles. The van der Waals surface area contributed by atoms with E-state index in [1.165, 1.54) is 19.2 Å². The molecule has 0 aliphatic heterocycles. The van der Waals surface area contributed by atoms with Crippen molar-refractivity contribution in [1.82, 2.24) is 0 Å². The summed E-state index contributed by atoms with van der Waals surface area (Å²) in [7, 11) is 3.01. The smallest absolute Gasteiger partial charge is 0.273 e. The lowest BCUT2D eigenvalue weighted by Crippen LogP contribution is -1.96. The minimum atomic E-state index is -0.479. The van der Waals surface area contributed by atoms with Gasteiger partial charge in [0.05, 0.1) is 31.8 Å². The van der Waals surface area contributed by atoms with Crippen LogP contribution in [-0.2, 0) is 0 Å². The first-order valence-electron chi connectivity index (χ1n) is 7.26. The molecule has 0 amide bonds. The highest BCUT2D eigenvalue weighted by Gasteiger charge is 2.10. The van der Waals surface area contributed by atoms with Gasteiger partial charge in [0.15, 0.2) is 17.2 Å². The molecule has 2 aromatic rings. The molecule has 7 heteroatoms. The minimum absolute atomic E-state index is 0.0477. The average Bonchev–Trinajstić information content (AvgIpc) is 2.60. The molecule has 0 bridgehead atoms. The van der Waals surface area contributed by atoms with Crippen LogP contribution in [0.1, 0.15) is 12.5 Å². The van der Waals surface area contributed by atoms with Crippen molar-refractivity contribution in [1.29, 1.82) is 0 Å². The minimum Gasteiger partial charge on any atom is -0.494 e. The van der Waals surface area contributed by atoms with Crippen LogP contribution >= 0.6 is 0 Å². The number of rotatable bonds is 7. The Morgan fingerprint density at radius 3 is 2.46 bits per heavy atom. The Balaban J connectivity index is 2.29. The molecule has 0 saturated heterocycles. The van der Waals surface area contributed by atoms with Crippen LogP contribution in [0, 0.1) is 10.1 Å². The van der Waals surface area contributed by atoms with Crippen LogP contribution < -0.4 is 14.2 Å². The van der Waals surface area contributed by atoms with Crippen molar-refractivity contribution in [2.45, 2.75) is 6.92 Å². The van der Waals surface area contributed by atoms with Gasteiger partial charge in [-0.05, 0) is 36.8 Å². The Bertz CT molecular complexity index is 759. The van der Waals surface area contributed by atoms with Crippen LogP contribution in [0.4, 0.5) is 11.4 Å². The second-order valence-corrected chi connectivity index (χ2v) is 4.71. The number of non-ortho nitro benzene ring substituents is 1. The van der Waals surface area contributed by atoms with Crippen molar-refractivity contribution in [2.75, 3.05) is 20.8 Å². The van der Waals surface area contributed by atoms with E-state index in [9.17, 15) is 10.1 Å². The summed E-state index contributed by atoms with van der Waals surface area (Å²) in [5.74, 6) is 1.60. The molecule has 2 aromatic carbocycles. The summed E-state index contributed by atoms with van der Waals surface area (Å²) in [6, 6.07) is 9.71. The molecule has 126 valence electrons. The summed E-state index contributed by atoms with van der Waals surface area (Å²) in [6.07, 6.45) is 1.63. The number of aliphatic imine (C=N–C) groups is 1. The first kappa shape index (κ1) is 17.3. The van der Waals surface area contributed by atoms with E-state index in [1.54, 1.807) is 31.5 Å². The Morgan fingerprint density at radius 1 is 1.08 bits per heavy atom. The lowest BCUT2D eigenvalue weighted by molar-refractivity contribution is -0.384. The molecule has 0 atom stereocenters. The fourth-order valence-electron chi connectivity index (χ4n) is 2.07. The van der Waals surface area contributed by atoms with Crippen molar-refractivity contribution in [3.8, 4) is 17.2 Å². The molecule has 7 nitrogen and oxygen atoms in total. The monoisotopic (exact) mass is 330 g/mol. The highest BCUT2D eigenvalue weighted by molar-refractivity contribution is 5.84. The van der Waals surface area contributed by atoms with Gasteiger partial charge in [-0.15, -0.1) is 0 Å². The Kier molecular flexibility index (Phi) is 5.73. The molecule has 24 heavy (non-hydrogen) atoms. The molecule has 0 heterocycles. The van der Waals surface area contributed by atoms with Gasteiger partial charge in [-0.2, -0.15) is 0 Å². The fraction of sp³-hybridized carbons (Fsp3) is 0.235. The first-order valence-corrected chi connectivity index (χ1v) is 7.26. The van der Waals surface area contributed by atoms with E-state index in [4.69, 9.17) is 14.2 Å². The zero-order chi connectivity index (χ0) is 17.5. The van der Waals surface area contributed by atoms with Gasteiger partial charge in [0.2, 0.25) is 0 Å². The molecule has 2 rings (SSSR count). The fourth-order valence-corrected chi connectivity index (χ4v) is 2.07. The molecule has 0 radical (unpaired) electrons. The van der Waals surface area contributed by atoms with Crippen LogP contribution in [0.5, 0.6) is 17.2 Å². The summed E-state index contributed by atoms with van der Waals surface area (Å²) < 4.78 is 15.9. The van der Waals surface area contributed by atoms with Gasteiger partial charge in [-0.1, -0.05) is 0 Å². The third kappa shape index (κ3) is 4.01. The molecule has 0 unspecified atom stereocenters. The number of nitro benzene ring substituents is 1. The van der Waals surface area contributed by atoms with Crippen molar-refractivity contribution in [2.24, 2.45) is 4.99 Å². The van der Waals surface area contributed by atoms with Crippen LogP contribution in [0.2, 0.25) is 0 Å². The molecule has 0 aliphatic carbocycles. The highest BCUT2D eigenvalue weighted by Crippen LogP contribution is 2.32. The summed E-state index contributed by atoms with van der Waals surface area (Å²) in [5.41, 5.74) is 1.25. The van der Waals surface area contributed by atoms with Crippen molar-refractivity contribution in [3.63, 3.8) is 0 Å². The summed E-state index contributed by atoms with van der Waals surface area (Å²) in [6.45, 7) is 2.44. The third-order valence-electron chi connectivity index (χ3n) is 3.21. The van der Waals surface area contributed by atoms with E-state index in [2.05, 4.69) is 4.99 Å². The Hall–Kier alpha value is -3.09. The Morgan fingerprint density at radius 2 is 1.83 bits per heavy atom. The predicted molar refractivity (Wildman–Crippen MR) is 91.1 cm³/mol. The van der Waals surface area contributed by atoms with Gasteiger partial charge >= 0.3 is 0 Å². The van der Waals surface area contributed by atoms with Crippen molar-refractivity contribution < 1.29 is 19.1 Å². The van der Waals surface area contributed by atoms with Crippen LogP contribution in [-0.4, -0.2) is 32.0 Å². The first-order chi connectivity index (χ1) is 11.6. The van der Waals surface area contributed by atoms with Gasteiger partial charge in [-0.25, -0.2) is 0 Å². The van der Waals surface area contributed by atoms with E-state index < -0.39 is 4.92 Å². The van der Waals surface area contributed by atoms with Gasteiger partial charge in [0.25, 0.3) is 5.69 Å². The number of benzene rings is 2. The summed E-state index contributed by atoms with van der Waals surface area (Å²) in [5, 5.41) is 10.8. The number of hydrogen-bond acceptors (Lipinski definition) is 6. The van der Waals surface area contributed by atoms with Crippen LogP contribution in [0.25, 0.3) is 0 Å². The number of hydrogen-bond donors (Lipinski definition) is 0. The molecule has 0 N–H and O–H groups in total. The number of nitrogens with zero attached hydrogens (tertiary/aromatic N) is 2. The number of ether oxygens (including phenoxy) is 3. The van der Waals surface area contributed by atoms with Crippen molar-refractivity contribution >= 4 is 17.6 Å². The maximum Gasteiger partial charge on any atom is 0.273 e. The largest absolute Gasteiger partial charge is 0.494 e. The van der Waals surface area contributed by atoms with E-state index in [1.807, 2.05) is 13.0 Å². The normalized spacial score (nSPS) is 10.6. The average molecular weight is 330 g/mol. The molecule has 0 aromatic heterocycles. The molecule has 0 aliphatic rings. The maximum atomic E-state index is 10.8. The summed E-state index contributed by atoms with van der Waals surface area (Å²) >= 11 is 0. The van der Waals surface area contributed by atoms with E-state index in [0.717, 1.165) is 5.56 Å². The van der Waals surface area contributed by atoms with Gasteiger partial charge < -0.3 is 14.2 Å². The zero-order valence-electron chi connectivity index (χ0n) is 13.7. The van der Waals surface area contributed by atoms with Gasteiger partial charge in [-0.3, -0.25) is 15.1 Å². The molecule has 0 fully saturated rings. The van der Waals surface area contributed by atoms with Crippen LogP contribution in [0.3, 0.4) is 0 Å². The number of nitro groups is 1. The van der Waals surface area contributed by atoms with Gasteiger partial charge in [0, 0.05) is 12.3 Å². The zero-order valence-corrected chi connectivity index (χ0v) is 13.7. The van der Waals surface area contributed by atoms with E-state index >= 15 is 0 Å². The predicted octanol–water partition coefficient (Wildman–Crippen LogP) is 3.76. The van der Waals surface area contributed by atoms with Crippen LogP contribution in [0.15, 0.2) is 41.4 Å². The highest BCUT2D eigenvalue weighted by atomic mass is 16.6. The van der Waals surface area contributed by atoms with E-state index in [0.29, 0.717) is 29.5 Å². The summed E-state index contributed by atoms with van der Waals surface area (Å²) in [4.78, 5) is 14.7. The lowest BCUT2D eigenvalue weighted by atomic mass is 10.2. The standard InChI is InChI=1S/C17H18N2O5/c1-4-24-15-8-5-12(9-17(15)23-3)11-18-14-7-6-13(19(20)21)10-16(14)22-2/h5-11H,4H2,1-3H3. The molecular weight excluding hydrogens is 312 g/mol. The Labute approximate surface area is 139 Å². The molecule has 0 spiro atoms.